The van der Waals surface area contributed by atoms with Crippen molar-refractivity contribution >= 4 is 15.9 Å². The van der Waals surface area contributed by atoms with E-state index in [-0.39, 0.29) is 23.1 Å². The van der Waals surface area contributed by atoms with Crippen LogP contribution in [0.4, 0.5) is 4.39 Å². The van der Waals surface area contributed by atoms with Gasteiger partial charge >= 0.3 is 0 Å². The molecule has 128 valence electrons. The van der Waals surface area contributed by atoms with Crippen molar-refractivity contribution in [3.63, 3.8) is 0 Å². The molecule has 2 rings (SSSR count). The molecule has 5 nitrogen and oxygen atoms in total. The van der Waals surface area contributed by atoms with Gasteiger partial charge in [0.2, 0.25) is 10.0 Å². The van der Waals surface area contributed by atoms with Gasteiger partial charge in [0.25, 0.3) is 5.91 Å². The number of rotatable bonds is 6. The predicted octanol–water partition coefficient (Wildman–Crippen LogP) is 2.01. The van der Waals surface area contributed by atoms with Crippen LogP contribution >= 0.6 is 0 Å². The number of carbonyl (C=O) groups is 1. The van der Waals surface area contributed by atoms with Crippen LogP contribution in [-0.2, 0) is 10.0 Å². The van der Waals surface area contributed by atoms with Gasteiger partial charge in [0, 0.05) is 19.6 Å². The summed E-state index contributed by atoms with van der Waals surface area (Å²) in [5, 5.41) is 0. The maximum absolute atomic E-state index is 13.7. The Bertz CT molecular complexity index is 640. The Morgan fingerprint density at radius 2 is 1.96 bits per heavy atom. The van der Waals surface area contributed by atoms with E-state index in [1.165, 1.54) is 12.1 Å². The van der Waals surface area contributed by atoms with Crippen LogP contribution in [0.5, 0.6) is 0 Å². The van der Waals surface area contributed by atoms with E-state index >= 15 is 0 Å². The molecule has 1 aliphatic rings. The van der Waals surface area contributed by atoms with E-state index in [1.807, 2.05) is 6.92 Å². The molecule has 1 fully saturated rings. The molecule has 23 heavy (non-hydrogen) atoms. The molecule has 1 aromatic carbocycles. The van der Waals surface area contributed by atoms with Gasteiger partial charge in [-0.3, -0.25) is 4.79 Å². The second-order valence-corrected chi connectivity index (χ2v) is 7.81. The zero-order valence-corrected chi connectivity index (χ0v) is 14.1. The number of nitrogens with one attached hydrogen (secondary N) is 1. The van der Waals surface area contributed by atoms with Gasteiger partial charge in [-0.05, 0) is 37.3 Å². The first kappa shape index (κ1) is 17.9. The van der Waals surface area contributed by atoms with Crippen LogP contribution in [0.15, 0.2) is 24.3 Å². The van der Waals surface area contributed by atoms with Gasteiger partial charge in [-0.2, -0.15) is 0 Å². The van der Waals surface area contributed by atoms with Crippen LogP contribution in [0.2, 0.25) is 0 Å². The van der Waals surface area contributed by atoms with Crippen LogP contribution in [0.3, 0.4) is 0 Å². The lowest BCUT2D eigenvalue weighted by atomic mass is 9.96. The predicted molar refractivity (Wildman–Crippen MR) is 87.1 cm³/mol. The molecule has 1 N–H and O–H groups in total. The second kappa shape index (κ2) is 7.88. The Morgan fingerprint density at radius 1 is 1.30 bits per heavy atom. The quantitative estimate of drug-likeness (QED) is 0.860. The number of hydrogen-bond donors (Lipinski definition) is 1. The number of likely N-dealkylation sites (tertiary alicyclic amines) is 1. The van der Waals surface area contributed by atoms with Gasteiger partial charge in [-0.1, -0.05) is 19.1 Å². The molecule has 1 amide bonds. The van der Waals surface area contributed by atoms with Gasteiger partial charge in [0.05, 0.1) is 11.3 Å². The van der Waals surface area contributed by atoms with Crippen LogP contribution in [-0.4, -0.2) is 44.6 Å². The molecule has 1 aliphatic heterocycles. The minimum atomic E-state index is -3.19. The van der Waals surface area contributed by atoms with Crippen LogP contribution in [0.25, 0.3) is 0 Å². The van der Waals surface area contributed by atoms with Crippen molar-refractivity contribution in [3.05, 3.63) is 35.6 Å². The fourth-order valence-electron chi connectivity index (χ4n) is 2.73. The topological polar surface area (TPSA) is 66.5 Å². The van der Waals surface area contributed by atoms with Gasteiger partial charge in [0.15, 0.2) is 0 Å². The summed E-state index contributed by atoms with van der Waals surface area (Å²) in [7, 11) is -3.19. The number of benzene rings is 1. The van der Waals surface area contributed by atoms with Crippen LogP contribution in [0.1, 0.15) is 36.5 Å². The third-order valence-corrected chi connectivity index (χ3v) is 5.62. The first-order valence-corrected chi connectivity index (χ1v) is 9.59. The van der Waals surface area contributed by atoms with Gasteiger partial charge in [0.1, 0.15) is 5.82 Å². The zero-order valence-electron chi connectivity index (χ0n) is 13.3. The molecular weight excluding hydrogens is 319 g/mol. The highest BCUT2D eigenvalue weighted by molar-refractivity contribution is 7.89. The number of halogens is 1. The van der Waals surface area contributed by atoms with Gasteiger partial charge in [-0.25, -0.2) is 17.5 Å². The molecule has 0 saturated carbocycles. The first-order chi connectivity index (χ1) is 10.9. The number of amides is 1. The van der Waals surface area contributed by atoms with E-state index in [0.29, 0.717) is 26.1 Å². The number of nitrogens with zero attached hydrogens (tertiary/aromatic N) is 1. The average Bonchev–Trinajstić information content (AvgIpc) is 2.53. The summed E-state index contributed by atoms with van der Waals surface area (Å²) in [4.78, 5) is 13.9. The van der Waals surface area contributed by atoms with Crippen molar-refractivity contribution in [3.8, 4) is 0 Å². The third kappa shape index (κ3) is 5.00. The van der Waals surface area contributed by atoms with Crippen LogP contribution in [0, 0.1) is 11.7 Å². The summed E-state index contributed by atoms with van der Waals surface area (Å²) in [5.41, 5.74) is 0.0922. The monoisotopic (exact) mass is 342 g/mol. The zero-order chi connectivity index (χ0) is 16.9. The standard InChI is InChI=1S/C16H23FN2O3S/c1-2-11-23(21,22)18-12-13-7-9-19(10-8-13)16(20)14-5-3-4-6-15(14)17/h3-6,13,18H,2,7-12H2,1H3. The van der Waals surface area contributed by atoms with Crippen molar-refractivity contribution in [1.82, 2.24) is 9.62 Å². The average molecular weight is 342 g/mol. The Balaban J connectivity index is 1.84. The summed E-state index contributed by atoms with van der Waals surface area (Å²) in [6.07, 6.45) is 2.02. The van der Waals surface area contributed by atoms with E-state index in [1.54, 1.807) is 17.0 Å². The molecule has 1 aromatic rings. The molecule has 0 atom stereocenters. The summed E-state index contributed by atoms with van der Waals surface area (Å²) in [5.74, 6) is -0.455. The first-order valence-electron chi connectivity index (χ1n) is 7.94. The highest BCUT2D eigenvalue weighted by Crippen LogP contribution is 2.19. The fourth-order valence-corrected chi connectivity index (χ4v) is 3.90. The van der Waals surface area contributed by atoms with E-state index in [2.05, 4.69) is 4.72 Å². The van der Waals surface area contributed by atoms with Crippen molar-refractivity contribution in [1.29, 1.82) is 0 Å². The largest absolute Gasteiger partial charge is 0.339 e. The minimum Gasteiger partial charge on any atom is -0.339 e. The summed E-state index contributed by atoms with van der Waals surface area (Å²) in [6, 6.07) is 5.97. The molecule has 0 bridgehead atoms. The second-order valence-electron chi connectivity index (χ2n) is 5.88. The smallest absolute Gasteiger partial charge is 0.256 e. The lowest BCUT2D eigenvalue weighted by Gasteiger charge is -2.32. The van der Waals surface area contributed by atoms with Crippen molar-refractivity contribution < 1.29 is 17.6 Å². The highest BCUT2D eigenvalue weighted by Gasteiger charge is 2.25. The maximum Gasteiger partial charge on any atom is 0.256 e. The van der Waals surface area contributed by atoms with Crippen LogP contribution < -0.4 is 4.72 Å². The number of carbonyl (C=O) groups excluding carboxylic acids is 1. The molecule has 7 heteroatoms. The Kier molecular flexibility index (Phi) is 6.12. The SMILES string of the molecule is CCCS(=O)(=O)NCC1CCN(C(=O)c2ccccc2F)CC1. The van der Waals surface area contributed by atoms with E-state index in [0.717, 1.165) is 12.8 Å². The Labute approximate surface area is 136 Å². The van der Waals surface area contributed by atoms with E-state index in [9.17, 15) is 17.6 Å². The molecule has 0 spiro atoms. The molecule has 1 saturated heterocycles. The Morgan fingerprint density at radius 3 is 2.57 bits per heavy atom. The molecule has 0 radical (unpaired) electrons. The van der Waals surface area contributed by atoms with Crippen molar-refractivity contribution in [2.75, 3.05) is 25.4 Å². The van der Waals surface area contributed by atoms with Crippen molar-refractivity contribution in [2.45, 2.75) is 26.2 Å². The lowest BCUT2D eigenvalue weighted by Crippen LogP contribution is -2.42. The van der Waals surface area contributed by atoms with Crippen molar-refractivity contribution in [2.24, 2.45) is 5.92 Å². The normalized spacial score (nSPS) is 16.5. The third-order valence-electron chi connectivity index (χ3n) is 4.07. The number of sulfonamides is 1. The molecule has 1 heterocycles. The Hall–Kier alpha value is -1.47. The molecular formula is C16H23FN2O3S. The molecule has 0 unspecified atom stereocenters. The van der Waals surface area contributed by atoms with E-state index in [4.69, 9.17) is 0 Å². The maximum atomic E-state index is 13.7. The minimum absolute atomic E-state index is 0.0922. The summed E-state index contributed by atoms with van der Waals surface area (Å²) < 4.78 is 39.6. The highest BCUT2D eigenvalue weighted by atomic mass is 32.2. The van der Waals surface area contributed by atoms with Gasteiger partial charge in [-0.15, -0.1) is 0 Å². The molecule has 0 aromatic heterocycles. The fraction of sp³-hybridized carbons (Fsp3) is 0.562. The summed E-state index contributed by atoms with van der Waals surface area (Å²) in [6.45, 7) is 3.27. The number of piperidine rings is 1. The lowest BCUT2D eigenvalue weighted by molar-refractivity contribution is 0.0687. The number of hydrogen-bond acceptors (Lipinski definition) is 3. The van der Waals surface area contributed by atoms with Gasteiger partial charge < -0.3 is 4.90 Å². The van der Waals surface area contributed by atoms with E-state index < -0.39 is 15.8 Å². The summed E-state index contributed by atoms with van der Waals surface area (Å²) >= 11 is 0. The molecule has 0 aliphatic carbocycles.